The van der Waals surface area contributed by atoms with Crippen molar-refractivity contribution in [2.75, 3.05) is 40.5 Å². The number of aliphatic hydroxyl groups excluding tert-OH is 2. The van der Waals surface area contributed by atoms with E-state index in [9.17, 15) is 39.9 Å². The molecule has 7 atom stereocenters. The van der Waals surface area contributed by atoms with Crippen molar-refractivity contribution in [3.63, 3.8) is 0 Å². The molecular weight excluding hydrogens is 602 g/mol. The van der Waals surface area contributed by atoms with Crippen LogP contribution in [0.15, 0.2) is 18.2 Å². The molecule has 0 bridgehead atoms. The third kappa shape index (κ3) is 5.20. The molecule has 0 radical (unpaired) electrons. The normalized spacial score (nSPS) is 31.2. The second kappa shape index (κ2) is 12.3. The van der Waals surface area contributed by atoms with Gasteiger partial charge in [0.1, 0.15) is 29.5 Å². The summed E-state index contributed by atoms with van der Waals surface area (Å²) in [7, 11) is 2.90. The highest BCUT2D eigenvalue weighted by molar-refractivity contribution is 6.31. The summed E-state index contributed by atoms with van der Waals surface area (Å²) in [4.78, 5) is 42.6. The zero-order valence-corrected chi connectivity index (χ0v) is 25.9. The molecule has 0 amide bonds. The van der Waals surface area contributed by atoms with Crippen molar-refractivity contribution in [2.45, 2.75) is 74.8 Å². The molecule has 0 spiro atoms. The molecule has 2 aliphatic carbocycles. The van der Waals surface area contributed by atoms with E-state index in [1.165, 1.54) is 25.3 Å². The number of ether oxygens (including phenoxy) is 4. The summed E-state index contributed by atoms with van der Waals surface area (Å²) in [6.45, 7) is 2.17. The second-order valence-corrected chi connectivity index (χ2v) is 12.6. The Balaban J connectivity index is 1.43. The van der Waals surface area contributed by atoms with Gasteiger partial charge < -0.3 is 44.5 Å². The Morgan fingerprint density at radius 1 is 1.11 bits per heavy atom. The molecule has 2 fully saturated rings. The van der Waals surface area contributed by atoms with E-state index >= 15 is 0 Å². The van der Waals surface area contributed by atoms with Crippen molar-refractivity contribution in [3.8, 4) is 17.2 Å². The Morgan fingerprint density at radius 3 is 2.54 bits per heavy atom. The number of methoxy groups -OCH3 is 2. The number of hydrogen-bond acceptors (Lipinski definition) is 13. The van der Waals surface area contributed by atoms with Crippen LogP contribution in [0, 0.1) is 0 Å². The SMILES string of the molecule is COc1cccc2c1C(=O)c1c(O)c3c(c(O)c1C2=O)C[C@@](O)(C(=O)CO)C[C@@H]3C[C@H]1C[C@H](N2CCO[C@@H](OC)C2)[C@H](O)[C@H](C)O1. The first-order valence-corrected chi connectivity index (χ1v) is 15.4. The molecule has 0 aromatic heterocycles. The lowest BCUT2D eigenvalue weighted by Crippen LogP contribution is -2.59. The quantitative estimate of drug-likeness (QED) is 0.228. The monoisotopic (exact) mass is 641 g/mol. The average molecular weight is 642 g/mol. The highest BCUT2D eigenvalue weighted by Gasteiger charge is 2.50. The lowest BCUT2D eigenvalue weighted by molar-refractivity contribution is -0.201. The predicted octanol–water partition coefficient (Wildman–Crippen LogP) is 0.806. The van der Waals surface area contributed by atoms with Crippen LogP contribution >= 0.6 is 0 Å². The van der Waals surface area contributed by atoms with E-state index in [0.29, 0.717) is 26.1 Å². The smallest absolute Gasteiger partial charge is 0.202 e. The minimum atomic E-state index is -2.14. The number of carbonyl (C=O) groups is 3. The summed E-state index contributed by atoms with van der Waals surface area (Å²) >= 11 is 0. The first-order valence-electron chi connectivity index (χ1n) is 15.4. The number of rotatable bonds is 7. The number of nitrogens with zero attached hydrogens (tertiary/aromatic N) is 1. The average Bonchev–Trinajstić information content (AvgIpc) is 3.05. The zero-order chi connectivity index (χ0) is 33.1. The molecule has 2 aliphatic heterocycles. The van der Waals surface area contributed by atoms with E-state index in [4.69, 9.17) is 18.9 Å². The van der Waals surface area contributed by atoms with E-state index in [1.807, 2.05) is 0 Å². The number of aromatic hydroxyl groups is 2. The van der Waals surface area contributed by atoms with Crippen LogP contribution < -0.4 is 4.74 Å². The zero-order valence-electron chi connectivity index (χ0n) is 25.9. The largest absolute Gasteiger partial charge is 0.507 e. The van der Waals surface area contributed by atoms with Crippen LogP contribution in [0.3, 0.4) is 0 Å². The van der Waals surface area contributed by atoms with Crippen molar-refractivity contribution in [1.29, 1.82) is 0 Å². The van der Waals surface area contributed by atoms with Gasteiger partial charge in [-0.05, 0) is 38.2 Å². The molecule has 2 saturated heterocycles. The van der Waals surface area contributed by atoms with Crippen LogP contribution in [0.1, 0.15) is 75.1 Å². The number of Topliss-reactive ketones (excluding diaryl/α,β-unsaturated/α-hetero) is 1. The number of phenols is 2. The van der Waals surface area contributed by atoms with E-state index in [1.54, 1.807) is 14.0 Å². The van der Waals surface area contributed by atoms with Crippen molar-refractivity contribution in [2.24, 2.45) is 0 Å². The number of hydrogen-bond donors (Lipinski definition) is 5. The van der Waals surface area contributed by atoms with Gasteiger partial charge >= 0.3 is 0 Å². The Kier molecular flexibility index (Phi) is 8.70. The maximum absolute atomic E-state index is 13.9. The number of ketones is 3. The van der Waals surface area contributed by atoms with Gasteiger partial charge in [0.15, 0.2) is 17.9 Å². The summed E-state index contributed by atoms with van der Waals surface area (Å²) in [6, 6.07) is 4.12. The second-order valence-electron chi connectivity index (χ2n) is 12.6. The van der Waals surface area contributed by atoms with Crippen LogP contribution in [0.4, 0.5) is 0 Å². The van der Waals surface area contributed by atoms with Crippen LogP contribution in [0.2, 0.25) is 0 Å². The van der Waals surface area contributed by atoms with Crippen LogP contribution in [-0.2, 0) is 25.4 Å². The van der Waals surface area contributed by atoms with E-state index in [0.717, 1.165) is 0 Å². The molecule has 0 saturated carbocycles. The van der Waals surface area contributed by atoms with E-state index < -0.39 is 83.6 Å². The number of carbonyl (C=O) groups excluding carboxylic acids is 3. The number of phenolic OH excluding ortho intramolecular Hbond substituents is 2. The van der Waals surface area contributed by atoms with Gasteiger partial charge in [-0.25, -0.2) is 0 Å². The molecule has 2 aromatic rings. The number of benzene rings is 2. The minimum Gasteiger partial charge on any atom is -0.507 e. The van der Waals surface area contributed by atoms with Gasteiger partial charge in [-0.3, -0.25) is 19.3 Å². The van der Waals surface area contributed by atoms with Crippen molar-refractivity contribution in [1.82, 2.24) is 4.90 Å². The molecule has 4 aliphatic rings. The molecule has 2 aromatic carbocycles. The molecular formula is C33H39NO12. The van der Waals surface area contributed by atoms with Gasteiger partial charge in [-0.15, -0.1) is 0 Å². The summed E-state index contributed by atoms with van der Waals surface area (Å²) in [6.07, 6.45) is -2.72. The molecule has 6 rings (SSSR count). The van der Waals surface area contributed by atoms with Crippen molar-refractivity contribution < 1.29 is 58.9 Å². The molecule has 248 valence electrons. The lowest BCUT2D eigenvalue weighted by atomic mass is 9.67. The van der Waals surface area contributed by atoms with Crippen molar-refractivity contribution in [3.05, 3.63) is 51.6 Å². The molecule has 46 heavy (non-hydrogen) atoms. The van der Waals surface area contributed by atoms with Gasteiger partial charge in [0.25, 0.3) is 0 Å². The molecule has 13 heteroatoms. The highest BCUT2D eigenvalue weighted by Crippen LogP contribution is 2.53. The van der Waals surface area contributed by atoms with Crippen LogP contribution in [0.25, 0.3) is 0 Å². The van der Waals surface area contributed by atoms with Gasteiger partial charge in [-0.2, -0.15) is 0 Å². The molecule has 2 heterocycles. The molecule has 5 N–H and O–H groups in total. The first-order chi connectivity index (χ1) is 21.9. The molecule has 13 nitrogen and oxygen atoms in total. The predicted molar refractivity (Wildman–Crippen MR) is 159 cm³/mol. The van der Waals surface area contributed by atoms with Crippen LogP contribution in [-0.4, -0.2) is 125 Å². The maximum atomic E-state index is 13.9. The third-order valence-corrected chi connectivity index (χ3v) is 10.0. The van der Waals surface area contributed by atoms with Crippen LogP contribution in [0.5, 0.6) is 17.2 Å². The maximum Gasteiger partial charge on any atom is 0.202 e. The number of fused-ring (bicyclic) bond motifs is 3. The van der Waals surface area contributed by atoms with E-state index in [2.05, 4.69) is 4.90 Å². The lowest BCUT2D eigenvalue weighted by Gasteiger charge is -2.47. The number of aliphatic hydroxyl groups is 3. The Labute approximate surface area is 265 Å². The summed E-state index contributed by atoms with van der Waals surface area (Å²) < 4.78 is 22.5. The third-order valence-electron chi connectivity index (χ3n) is 10.0. The fraction of sp³-hybridized carbons (Fsp3) is 0.545. The Hall–Kier alpha value is -3.43. The topological polar surface area (TPSA) is 193 Å². The fourth-order valence-corrected chi connectivity index (χ4v) is 7.75. The minimum absolute atomic E-state index is 0.0198. The highest BCUT2D eigenvalue weighted by atomic mass is 16.7. The van der Waals surface area contributed by atoms with E-state index in [-0.39, 0.29) is 52.5 Å². The molecule has 0 unspecified atom stereocenters. The summed E-state index contributed by atoms with van der Waals surface area (Å²) in [5.74, 6) is -4.19. The number of morpholine rings is 1. The summed E-state index contributed by atoms with van der Waals surface area (Å²) in [5.41, 5.74) is -2.94. The Bertz CT molecular complexity index is 1570. The Morgan fingerprint density at radius 2 is 1.85 bits per heavy atom. The van der Waals surface area contributed by atoms with Gasteiger partial charge in [-0.1, -0.05) is 12.1 Å². The fourth-order valence-electron chi connectivity index (χ4n) is 7.75. The van der Waals surface area contributed by atoms with Gasteiger partial charge in [0.2, 0.25) is 5.78 Å². The van der Waals surface area contributed by atoms with Crippen molar-refractivity contribution >= 4 is 17.3 Å². The van der Waals surface area contributed by atoms with Gasteiger partial charge in [0.05, 0.1) is 48.7 Å². The van der Waals surface area contributed by atoms with Gasteiger partial charge in [0, 0.05) is 49.4 Å². The standard InChI is InChI=1S/C33H39NO12/c1-15-28(37)20(34-7-8-45-23(13-34)44-3)10-17(46-15)9-16-11-33(42,22(36)14-35)12-19-24(16)31(40)27-26(30(19)39)29(38)18-5-4-6-21(43-2)25(18)32(27)41/h4-6,15-17,20,23,28,35,37,39-40,42H,7-14H2,1-3H3/t15-,16-,17-,20-,23+,28+,33+/m0/s1. The summed E-state index contributed by atoms with van der Waals surface area (Å²) in [5, 5.41) is 55.8. The first kappa shape index (κ1) is 32.5.